The van der Waals surface area contributed by atoms with E-state index in [1.165, 1.54) is 16.5 Å². The van der Waals surface area contributed by atoms with E-state index in [0.29, 0.717) is 0 Å². The number of hydrogen-bond acceptors (Lipinski definition) is 1. The number of nitrogens with one attached hydrogen (secondary N) is 2. The number of nitrogens with zero attached hydrogens (tertiary/aromatic N) is 2. The van der Waals surface area contributed by atoms with Gasteiger partial charge in [0.15, 0.2) is 5.11 Å². The standard InChI is InChI=1S/C26H35ClN4S/c1-5-29(6-2)15-10-16-31(26(32)28-22-14-13-20(4)24(27)17-22)19-21-18-30(7-3)25-12-9-8-11-23(21)25/h8-9,11-14,17-18H,5-7,10,15-16,19H2,1-4H3,(H,28,32)/p+1. The lowest BCUT2D eigenvalue weighted by molar-refractivity contribution is -0.896. The highest BCUT2D eigenvalue weighted by molar-refractivity contribution is 7.80. The number of fused-ring (bicyclic) bond motifs is 1. The summed E-state index contributed by atoms with van der Waals surface area (Å²) in [5.41, 5.74) is 4.58. The van der Waals surface area contributed by atoms with Gasteiger partial charge in [0.05, 0.1) is 19.6 Å². The van der Waals surface area contributed by atoms with E-state index in [4.69, 9.17) is 23.8 Å². The Morgan fingerprint density at radius 3 is 2.56 bits per heavy atom. The summed E-state index contributed by atoms with van der Waals surface area (Å²) in [5.74, 6) is 0. The maximum Gasteiger partial charge on any atom is 0.173 e. The minimum Gasteiger partial charge on any atom is -0.347 e. The van der Waals surface area contributed by atoms with Gasteiger partial charge in [0.1, 0.15) is 0 Å². The summed E-state index contributed by atoms with van der Waals surface area (Å²) in [6.07, 6.45) is 3.37. The first-order chi connectivity index (χ1) is 15.5. The molecule has 32 heavy (non-hydrogen) atoms. The highest BCUT2D eigenvalue weighted by Crippen LogP contribution is 2.24. The molecule has 2 aromatic carbocycles. The number of quaternary nitrogens is 1. The van der Waals surface area contributed by atoms with Gasteiger partial charge in [0.2, 0.25) is 0 Å². The van der Waals surface area contributed by atoms with Crippen LogP contribution in [0.25, 0.3) is 10.9 Å². The molecule has 0 unspecified atom stereocenters. The van der Waals surface area contributed by atoms with Gasteiger partial charge in [-0.1, -0.05) is 35.9 Å². The molecule has 0 radical (unpaired) electrons. The topological polar surface area (TPSA) is 24.6 Å². The predicted octanol–water partition coefficient (Wildman–Crippen LogP) is 5.14. The second kappa shape index (κ2) is 11.7. The van der Waals surface area contributed by atoms with Gasteiger partial charge in [0, 0.05) is 53.9 Å². The zero-order valence-electron chi connectivity index (χ0n) is 19.7. The van der Waals surface area contributed by atoms with Crippen LogP contribution in [0.2, 0.25) is 5.02 Å². The zero-order chi connectivity index (χ0) is 23.1. The van der Waals surface area contributed by atoms with Crippen molar-refractivity contribution in [1.82, 2.24) is 9.47 Å². The maximum absolute atomic E-state index is 6.34. The van der Waals surface area contributed by atoms with Crippen molar-refractivity contribution in [2.75, 3.05) is 31.5 Å². The molecule has 3 aromatic rings. The van der Waals surface area contributed by atoms with Crippen molar-refractivity contribution in [3.63, 3.8) is 0 Å². The Morgan fingerprint density at radius 1 is 1.12 bits per heavy atom. The first-order valence-electron chi connectivity index (χ1n) is 11.7. The Kier molecular flexibility index (Phi) is 8.97. The summed E-state index contributed by atoms with van der Waals surface area (Å²) in [6, 6.07) is 14.6. The molecular formula is C26H36ClN4S+. The largest absolute Gasteiger partial charge is 0.347 e. The van der Waals surface area contributed by atoms with E-state index in [-0.39, 0.29) is 0 Å². The lowest BCUT2D eigenvalue weighted by Crippen LogP contribution is -3.11. The Balaban J connectivity index is 1.81. The van der Waals surface area contributed by atoms with Gasteiger partial charge < -0.3 is 19.7 Å². The molecule has 0 spiro atoms. The van der Waals surface area contributed by atoms with E-state index in [1.54, 1.807) is 4.90 Å². The maximum atomic E-state index is 6.34. The molecule has 0 aliphatic heterocycles. The molecular weight excluding hydrogens is 436 g/mol. The fraction of sp³-hybridized carbons (Fsp3) is 0.423. The average Bonchev–Trinajstić information content (AvgIpc) is 3.16. The summed E-state index contributed by atoms with van der Waals surface area (Å²) >= 11 is 12.2. The highest BCUT2D eigenvalue weighted by Gasteiger charge is 2.16. The summed E-state index contributed by atoms with van der Waals surface area (Å²) in [6.45, 7) is 14.8. The van der Waals surface area contributed by atoms with E-state index in [0.717, 1.165) is 67.1 Å². The number of thiocarbonyl (C=S) groups is 1. The first-order valence-corrected chi connectivity index (χ1v) is 12.5. The van der Waals surface area contributed by atoms with Gasteiger partial charge in [-0.25, -0.2) is 0 Å². The van der Waals surface area contributed by atoms with E-state index in [2.05, 4.69) is 66.0 Å². The summed E-state index contributed by atoms with van der Waals surface area (Å²) < 4.78 is 2.32. The lowest BCUT2D eigenvalue weighted by Gasteiger charge is -2.27. The number of aromatic nitrogens is 1. The van der Waals surface area contributed by atoms with Crippen LogP contribution in [0.1, 0.15) is 38.3 Å². The third-order valence-corrected chi connectivity index (χ3v) is 7.01. The van der Waals surface area contributed by atoms with Crippen LogP contribution in [-0.4, -0.2) is 40.8 Å². The number of halogens is 1. The van der Waals surface area contributed by atoms with Gasteiger partial charge in [0.25, 0.3) is 0 Å². The van der Waals surface area contributed by atoms with Crippen LogP contribution >= 0.6 is 23.8 Å². The second-order valence-corrected chi connectivity index (χ2v) is 9.13. The number of rotatable bonds is 10. The fourth-order valence-corrected chi connectivity index (χ4v) is 4.62. The normalized spacial score (nSPS) is 11.3. The van der Waals surface area contributed by atoms with Gasteiger partial charge in [-0.3, -0.25) is 0 Å². The van der Waals surface area contributed by atoms with Crippen molar-refractivity contribution < 1.29 is 4.90 Å². The quantitative estimate of drug-likeness (QED) is 0.400. The molecule has 1 aromatic heterocycles. The van der Waals surface area contributed by atoms with Crippen LogP contribution in [0.3, 0.4) is 0 Å². The van der Waals surface area contributed by atoms with Crippen molar-refractivity contribution in [3.8, 4) is 0 Å². The van der Waals surface area contributed by atoms with Crippen LogP contribution in [0.15, 0.2) is 48.7 Å². The number of hydrogen-bond donors (Lipinski definition) is 2. The molecule has 6 heteroatoms. The Labute approximate surface area is 203 Å². The molecule has 0 saturated heterocycles. The van der Waals surface area contributed by atoms with Crippen molar-refractivity contribution in [2.24, 2.45) is 0 Å². The summed E-state index contributed by atoms with van der Waals surface area (Å²) in [7, 11) is 0. The first kappa shape index (κ1) is 24.6. The van der Waals surface area contributed by atoms with Crippen molar-refractivity contribution in [1.29, 1.82) is 0 Å². The zero-order valence-corrected chi connectivity index (χ0v) is 21.3. The molecule has 2 N–H and O–H groups in total. The highest BCUT2D eigenvalue weighted by atomic mass is 35.5. The molecule has 172 valence electrons. The molecule has 0 saturated carbocycles. The molecule has 1 heterocycles. The molecule has 0 amide bonds. The molecule has 0 atom stereocenters. The number of para-hydroxylation sites is 1. The molecule has 4 nitrogen and oxygen atoms in total. The number of benzene rings is 2. The SMILES string of the molecule is CCn1cc(CN(CCC[NH+](CC)CC)C(=S)Nc2ccc(C)c(Cl)c2)c2ccccc21. The van der Waals surface area contributed by atoms with Gasteiger partial charge >= 0.3 is 0 Å². The van der Waals surface area contributed by atoms with Gasteiger partial charge in [-0.05, 0) is 69.2 Å². The van der Waals surface area contributed by atoms with Gasteiger partial charge in [-0.2, -0.15) is 0 Å². The summed E-state index contributed by atoms with van der Waals surface area (Å²) in [4.78, 5) is 3.92. The van der Waals surface area contributed by atoms with E-state index in [1.807, 2.05) is 25.1 Å². The average molecular weight is 472 g/mol. The van der Waals surface area contributed by atoms with Gasteiger partial charge in [-0.15, -0.1) is 0 Å². The Hall–Kier alpha value is -2.08. The number of aryl methyl sites for hydroxylation is 2. The van der Waals surface area contributed by atoms with Crippen molar-refractivity contribution >= 4 is 45.5 Å². The Bertz CT molecular complexity index is 1040. The van der Waals surface area contributed by atoms with E-state index in [9.17, 15) is 0 Å². The molecule has 0 fully saturated rings. The lowest BCUT2D eigenvalue weighted by atomic mass is 10.1. The number of anilines is 1. The third-order valence-electron chi connectivity index (χ3n) is 6.24. The fourth-order valence-electron chi connectivity index (χ4n) is 4.17. The van der Waals surface area contributed by atoms with Crippen molar-refractivity contribution in [2.45, 2.75) is 47.2 Å². The minimum atomic E-state index is 0.743. The van der Waals surface area contributed by atoms with Crippen LogP contribution < -0.4 is 10.2 Å². The third kappa shape index (κ3) is 6.03. The molecule has 0 aliphatic carbocycles. The van der Waals surface area contributed by atoms with Crippen molar-refractivity contribution in [3.05, 3.63) is 64.8 Å². The Morgan fingerprint density at radius 2 is 1.88 bits per heavy atom. The van der Waals surface area contributed by atoms with Crippen LogP contribution in [0, 0.1) is 6.92 Å². The predicted molar refractivity (Wildman–Crippen MR) is 142 cm³/mol. The molecule has 3 rings (SSSR count). The summed E-state index contributed by atoms with van der Waals surface area (Å²) in [5, 5.41) is 6.22. The van der Waals surface area contributed by atoms with Crippen LogP contribution in [0.4, 0.5) is 5.69 Å². The minimum absolute atomic E-state index is 0.743. The smallest absolute Gasteiger partial charge is 0.173 e. The van der Waals surface area contributed by atoms with Crippen LogP contribution in [-0.2, 0) is 13.1 Å². The molecule has 0 aliphatic rings. The van der Waals surface area contributed by atoms with E-state index >= 15 is 0 Å². The van der Waals surface area contributed by atoms with E-state index < -0.39 is 0 Å². The monoisotopic (exact) mass is 471 g/mol. The molecule has 0 bridgehead atoms. The second-order valence-electron chi connectivity index (χ2n) is 8.33. The van der Waals surface area contributed by atoms with Crippen LogP contribution in [0.5, 0.6) is 0 Å².